The first-order chi connectivity index (χ1) is 16.5. The summed E-state index contributed by atoms with van der Waals surface area (Å²) in [7, 11) is -3.70. The number of hydrogen-bond acceptors (Lipinski definition) is 6. The minimum atomic E-state index is -3.70. The summed E-state index contributed by atoms with van der Waals surface area (Å²) >= 11 is 0. The van der Waals surface area contributed by atoms with Gasteiger partial charge in [-0.05, 0) is 54.6 Å². The summed E-state index contributed by atoms with van der Waals surface area (Å²) in [5.41, 5.74) is 1.65. The van der Waals surface area contributed by atoms with Gasteiger partial charge in [0.2, 0.25) is 16.8 Å². The van der Waals surface area contributed by atoms with Crippen molar-refractivity contribution in [3.05, 3.63) is 77.7 Å². The maximum atomic E-state index is 12.9. The van der Waals surface area contributed by atoms with E-state index in [9.17, 15) is 13.2 Å². The van der Waals surface area contributed by atoms with Gasteiger partial charge in [-0.1, -0.05) is 0 Å². The lowest BCUT2D eigenvalue weighted by molar-refractivity contribution is -0.917. The number of furan rings is 1. The molecule has 0 atom stereocenters. The molecule has 0 aliphatic carbocycles. The highest BCUT2D eigenvalue weighted by atomic mass is 32.2. The first-order valence-electron chi connectivity index (χ1n) is 11.1. The molecule has 3 heterocycles. The summed E-state index contributed by atoms with van der Waals surface area (Å²) in [5.74, 6) is 2.00. The van der Waals surface area contributed by atoms with Crippen LogP contribution in [0.5, 0.6) is 11.5 Å². The van der Waals surface area contributed by atoms with Crippen LogP contribution < -0.4 is 19.1 Å². The molecule has 34 heavy (non-hydrogen) atoms. The molecule has 178 valence electrons. The standard InChI is InChI=1S/C24H25N3O6S/c28-24(19-4-6-21(7-5-19)34(29,30)25-15-20-2-1-13-31-20)27-11-9-26(10-12-27)16-18-3-8-22-23(14-18)33-17-32-22/h1-8,13-14,25H,9-12,15-17H2/p+1. The van der Waals surface area contributed by atoms with Crippen molar-refractivity contribution in [2.24, 2.45) is 0 Å². The second-order valence-electron chi connectivity index (χ2n) is 8.33. The third kappa shape index (κ3) is 4.93. The van der Waals surface area contributed by atoms with Crippen LogP contribution in [0, 0.1) is 0 Å². The van der Waals surface area contributed by atoms with Crippen LogP contribution in [-0.4, -0.2) is 52.2 Å². The number of carbonyl (C=O) groups is 1. The maximum absolute atomic E-state index is 12.9. The molecule has 2 aliphatic heterocycles. The second kappa shape index (κ2) is 9.49. The molecular weight excluding hydrogens is 458 g/mol. The van der Waals surface area contributed by atoms with Crippen LogP contribution in [0.15, 0.2) is 70.2 Å². The number of nitrogens with one attached hydrogen (secondary N) is 2. The normalized spacial score (nSPS) is 16.1. The first kappa shape index (κ1) is 22.5. The van der Waals surface area contributed by atoms with Crippen molar-refractivity contribution in [2.45, 2.75) is 18.0 Å². The molecule has 2 N–H and O–H groups in total. The summed E-state index contributed by atoms with van der Waals surface area (Å²) in [4.78, 5) is 16.3. The van der Waals surface area contributed by atoms with Gasteiger partial charge in [-0.3, -0.25) is 4.79 Å². The quantitative estimate of drug-likeness (QED) is 0.519. The largest absolute Gasteiger partial charge is 0.468 e. The number of ether oxygens (including phenoxy) is 2. The highest BCUT2D eigenvalue weighted by Gasteiger charge is 2.26. The predicted molar refractivity (Wildman–Crippen MR) is 122 cm³/mol. The van der Waals surface area contributed by atoms with Crippen LogP contribution in [-0.2, 0) is 23.1 Å². The Bertz CT molecular complexity index is 1250. The maximum Gasteiger partial charge on any atom is 0.254 e. The molecule has 2 aromatic carbocycles. The lowest BCUT2D eigenvalue weighted by atomic mass is 10.1. The van der Waals surface area contributed by atoms with E-state index in [-0.39, 0.29) is 24.1 Å². The molecular formula is C24H26N3O6S+. The van der Waals surface area contributed by atoms with Crippen molar-refractivity contribution in [1.82, 2.24) is 9.62 Å². The van der Waals surface area contributed by atoms with E-state index >= 15 is 0 Å². The van der Waals surface area contributed by atoms with Crippen LogP contribution in [0.25, 0.3) is 0 Å². The number of amides is 1. The van der Waals surface area contributed by atoms with Crippen LogP contribution in [0.3, 0.4) is 0 Å². The average Bonchev–Trinajstić information content (AvgIpc) is 3.55. The number of hydrogen-bond donors (Lipinski definition) is 2. The summed E-state index contributed by atoms with van der Waals surface area (Å²) in [6.45, 7) is 4.14. The zero-order valence-electron chi connectivity index (χ0n) is 18.5. The smallest absolute Gasteiger partial charge is 0.254 e. The lowest BCUT2D eigenvalue weighted by Gasteiger charge is -2.32. The first-order valence-corrected chi connectivity index (χ1v) is 12.6. The molecule has 1 saturated heterocycles. The van der Waals surface area contributed by atoms with E-state index in [0.717, 1.165) is 31.1 Å². The number of quaternary nitrogens is 1. The number of benzene rings is 2. The third-order valence-electron chi connectivity index (χ3n) is 6.08. The molecule has 0 spiro atoms. The molecule has 0 unspecified atom stereocenters. The Hall–Kier alpha value is -3.34. The Morgan fingerprint density at radius 2 is 1.76 bits per heavy atom. The van der Waals surface area contributed by atoms with Gasteiger partial charge in [0.25, 0.3) is 5.91 Å². The SMILES string of the molecule is O=C(c1ccc(S(=O)(=O)NCc2ccco2)cc1)N1CC[NH+](Cc2ccc3c(c2)OCO3)CC1. The Labute approximate surface area is 197 Å². The Kier molecular flexibility index (Phi) is 6.27. The summed E-state index contributed by atoms with van der Waals surface area (Å²) in [6.07, 6.45) is 1.49. The number of sulfonamides is 1. The molecule has 0 bridgehead atoms. The summed E-state index contributed by atoms with van der Waals surface area (Å²) in [5, 5.41) is 0. The van der Waals surface area contributed by atoms with Gasteiger partial charge in [0.1, 0.15) is 12.3 Å². The Morgan fingerprint density at radius 1 is 1.00 bits per heavy atom. The highest BCUT2D eigenvalue weighted by molar-refractivity contribution is 7.89. The molecule has 5 rings (SSSR count). The van der Waals surface area contributed by atoms with Crippen molar-refractivity contribution in [3.8, 4) is 11.5 Å². The molecule has 1 amide bonds. The van der Waals surface area contributed by atoms with E-state index in [4.69, 9.17) is 13.9 Å². The van der Waals surface area contributed by atoms with Gasteiger partial charge >= 0.3 is 0 Å². The van der Waals surface area contributed by atoms with Crippen LogP contribution in [0.2, 0.25) is 0 Å². The topological polar surface area (TPSA) is 103 Å². The van der Waals surface area contributed by atoms with E-state index in [1.165, 1.54) is 28.9 Å². The van der Waals surface area contributed by atoms with Gasteiger partial charge in [0.15, 0.2) is 11.5 Å². The van der Waals surface area contributed by atoms with Crippen molar-refractivity contribution >= 4 is 15.9 Å². The number of carbonyl (C=O) groups excluding carboxylic acids is 1. The second-order valence-corrected chi connectivity index (χ2v) is 10.1. The number of nitrogens with zero attached hydrogens (tertiary/aromatic N) is 1. The Balaban J connectivity index is 1.14. The molecule has 3 aromatic rings. The van der Waals surface area contributed by atoms with Crippen molar-refractivity contribution < 1.29 is 32.0 Å². The molecule has 10 heteroatoms. The number of piperazine rings is 1. The average molecular weight is 485 g/mol. The molecule has 1 fully saturated rings. The van der Waals surface area contributed by atoms with E-state index < -0.39 is 10.0 Å². The molecule has 0 saturated carbocycles. The zero-order chi connectivity index (χ0) is 23.5. The Morgan fingerprint density at radius 3 is 2.50 bits per heavy atom. The molecule has 1 aromatic heterocycles. The lowest BCUT2D eigenvalue weighted by Crippen LogP contribution is -3.13. The number of rotatable bonds is 7. The van der Waals surface area contributed by atoms with Gasteiger partial charge in [-0.2, -0.15) is 0 Å². The zero-order valence-corrected chi connectivity index (χ0v) is 19.3. The van der Waals surface area contributed by atoms with Crippen LogP contribution >= 0.6 is 0 Å². The van der Waals surface area contributed by atoms with Gasteiger partial charge in [0.05, 0.1) is 43.9 Å². The summed E-state index contributed by atoms with van der Waals surface area (Å²) in [6, 6.07) is 15.4. The molecule has 2 aliphatic rings. The highest BCUT2D eigenvalue weighted by Crippen LogP contribution is 2.32. The minimum absolute atomic E-state index is 0.0644. The van der Waals surface area contributed by atoms with Gasteiger partial charge < -0.3 is 23.7 Å². The van der Waals surface area contributed by atoms with Gasteiger partial charge in [-0.25, -0.2) is 13.1 Å². The van der Waals surface area contributed by atoms with Crippen molar-refractivity contribution in [3.63, 3.8) is 0 Å². The van der Waals surface area contributed by atoms with Crippen LogP contribution in [0.4, 0.5) is 0 Å². The van der Waals surface area contributed by atoms with Crippen LogP contribution in [0.1, 0.15) is 21.7 Å². The van der Waals surface area contributed by atoms with E-state index in [1.54, 1.807) is 24.3 Å². The summed E-state index contributed by atoms with van der Waals surface area (Å²) < 4.78 is 43.5. The number of fused-ring (bicyclic) bond motifs is 1. The van der Waals surface area contributed by atoms with Crippen molar-refractivity contribution in [2.75, 3.05) is 33.0 Å². The van der Waals surface area contributed by atoms with E-state index in [0.29, 0.717) is 24.4 Å². The monoisotopic (exact) mass is 484 g/mol. The van der Waals surface area contributed by atoms with Crippen molar-refractivity contribution in [1.29, 1.82) is 0 Å². The fourth-order valence-corrected chi connectivity index (χ4v) is 5.16. The molecule has 0 radical (unpaired) electrons. The third-order valence-corrected chi connectivity index (χ3v) is 7.49. The predicted octanol–water partition coefficient (Wildman–Crippen LogP) is 1.03. The van der Waals surface area contributed by atoms with Gasteiger partial charge in [0, 0.05) is 11.1 Å². The minimum Gasteiger partial charge on any atom is -0.468 e. The molecule has 9 nitrogen and oxygen atoms in total. The van der Waals surface area contributed by atoms with E-state index in [2.05, 4.69) is 10.8 Å². The fourth-order valence-electron chi connectivity index (χ4n) is 4.16. The fraction of sp³-hybridized carbons (Fsp3) is 0.292. The van der Waals surface area contributed by atoms with Gasteiger partial charge in [-0.15, -0.1) is 0 Å². The van der Waals surface area contributed by atoms with E-state index in [1.807, 2.05) is 17.0 Å².